The molecule has 0 aliphatic heterocycles. The molecule has 0 bridgehead atoms. The average molecular weight is 346 g/mol. The van der Waals surface area contributed by atoms with Crippen LogP contribution in [0.1, 0.15) is 35.7 Å². The minimum atomic E-state index is -0.977. The van der Waals surface area contributed by atoms with E-state index in [4.69, 9.17) is 0 Å². The number of hydrogen-bond donors (Lipinski definition) is 2. The molecule has 7 nitrogen and oxygen atoms in total. The molecule has 1 aromatic heterocycles. The van der Waals surface area contributed by atoms with Crippen LogP contribution in [0, 0.1) is 0 Å². The lowest BCUT2D eigenvalue weighted by atomic mass is 10.1. The number of H-pyrrole nitrogens is 1. The maximum absolute atomic E-state index is 12.7. The second kappa shape index (κ2) is 7.04. The molecule has 1 atom stereocenters. The SMILES string of the molecule is CC(C(=O)O)N(C(=O)c1ccc(CSc2ncn[nH]2)cc1)C1CC1. The number of aromatic nitrogens is 3. The molecule has 126 valence electrons. The number of nitrogens with zero attached hydrogens (tertiary/aromatic N) is 3. The summed E-state index contributed by atoms with van der Waals surface area (Å²) in [7, 11) is 0. The van der Waals surface area contributed by atoms with Gasteiger partial charge in [-0.25, -0.2) is 9.78 Å². The Labute approximate surface area is 143 Å². The van der Waals surface area contributed by atoms with Gasteiger partial charge in [-0.1, -0.05) is 23.9 Å². The number of hydrogen-bond acceptors (Lipinski definition) is 5. The van der Waals surface area contributed by atoms with Crippen LogP contribution in [0.2, 0.25) is 0 Å². The van der Waals surface area contributed by atoms with Gasteiger partial charge in [0.2, 0.25) is 0 Å². The Bertz CT molecular complexity index is 713. The smallest absolute Gasteiger partial charge is 0.326 e. The molecule has 1 fully saturated rings. The molecule has 1 aliphatic rings. The molecule has 1 amide bonds. The van der Waals surface area contributed by atoms with Gasteiger partial charge in [-0.05, 0) is 37.5 Å². The Morgan fingerprint density at radius 3 is 2.62 bits per heavy atom. The first-order valence-corrected chi connectivity index (χ1v) is 8.67. The van der Waals surface area contributed by atoms with Gasteiger partial charge in [0, 0.05) is 17.4 Å². The molecule has 0 radical (unpaired) electrons. The Balaban J connectivity index is 1.67. The van der Waals surface area contributed by atoms with Crippen LogP contribution in [-0.2, 0) is 10.5 Å². The zero-order valence-corrected chi connectivity index (χ0v) is 14.0. The quantitative estimate of drug-likeness (QED) is 0.746. The number of nitrogens with one attached hydrogen (secondary N) is 1. The molecule has 0 spiro atoms. The number of carbonyl (C=O) groups is 2. The van der Waals surface area contributed by atoms with E-state index in [1.54, 1.807) is 19.1 Å². The number of aromatic amines is 1. The molecule has 3 rings (SSSR count). The van der Waals surface area contributed by atoms with Gasteiger partial charge >= 0.3 is 5.97 Å². The summed E-state index contributed by atoms with van der Waals surface area (Å²) >= 11 is 1.52. The molecular weight excluding hydrogens is 328 g/mol. The van der Waals surface area contributed by atoms with Gasteiger partial charge < -0.3 is 10.0 Å². The highest BCUT2D eigenvalue weighted by atomic mass is 32.2. The maximum atomic E-state index is 12.7. The van der Waals surface area contributed by atoms with Crippen LogP contribution in [0.3, 0.4) is 0 Å². The lowest BCUT2D eigenvalue weighted by Crippen LogP contribution is -2.44. The Morgan fingerprint density at radius 2 is 2.08 bits per heavy atom. The van der Waals surface area contributed by atoms with Gasteiger partial charge in [-0.15, -0.1) is 0 Å². The minimum Gasteiger partial charge on any atom is -0.480 e. The highest BCUT2D eigenvalue weighted by Crippen LogP contribution is 2.30. The van der Waals surface area contributed by atoms with Crippen molar-refractivity contribution in [3.8, 4) is 0 Å². The van der Waals surface area contributed by atoms with E-state index in [1.165, 1.54) is 23.0 Å². The van der Waals surface area contributed by atoms with Crippen LogP contribution < -0.4 is 0 Å². The van der Waals surface area contributed by atoms with Crippen molar-refractivity contribution in [1.29, 1.82) is 0 Å². The highest BCUT2D eigenvalue weighted by molar-refractivity contribution is 7.98. The van der Waals surface area contributed by atoms with Crippen LogP contribution in [0.25, 0.3) is 0 Å². The fourth-order valence-electron chi connectivity index (χ4n) is 2.44. The molecule has 1 aromatic carbocycles. The first-order chi connectivity index (χ1) is 11.6. The molecule has 24 heavy (non-hydrogen) atoms. The van der Waals surface area contributed by atoms with Gasteiger partial charge in [0.1, 0.15) is 12.4 Å². The number of thioether (sulfide) groups is 1. The molecule has 1 unspecified atom stereocenters. The van der Waals surface area contributed by atoms with Crippen molar-refractivity contribution in [2.75, 3.05) is 0 Å². The molecule has 1 aliphatic carbocycles. The van der Waals surface area contributed by atoms with Crippen molar-refractivity contribution in [3.05, 3.63) is 41.7 Å². The van der Waals surface area contributed by atoms with E-state index >= 15 is 0 Å². The third-order valence-electron chi connectivity index (χ3n) is 3.92. The number of amides is 1. The number of benzene rings is 1. The Morgan fingerprint density at radius 1 is 1.38 bits per heavy atom. The molecule has 0 saturated heterocycles. The van der Waals surface area contributed by atoms with Gasteiger partial charge in [-0.3, -0.25) is 9.89 Å². The number of rotatable bonds is 7. The number of carbonyl (C=O) groups excluding carboxylic acids is 1. The summed E-state index contributed by atoms with van der Waals surface area (Å²) < 4.78 is 0. The van der Waals surface area contributed by atoms with Gasteiger partial charge in [-0.2, -0.15) is 5.10 Å². The predicted octanol–water partition coefficient (Wildman–Crippen LogP) is 2.17. The predicted molar refractivity (Wildman–Crippen MR) is 88.7 cm³/mol. The normalized spacial score (nSPS) is 15.0. The number of carboxylic acid groups (broad SMARTS) is 1. The molecule has 2 aromatic rings. The first kappa shape index (κ1) is 16.5. The van der Waals surface area contributed by atoms with Crippen molar-refractivity contribution in [3.63, 3.8) is 0 Å². The molecule has 8 heteroatoms. The minimum absolute atomic E-state index is 0.0466. The van der Waals surface area contributed by atoms with Crippen LogP contribution in [0.5, 0.6) is 0 Å². The van der Waals surface area contributed by atoms with E-state index in [0.29, 0.717) is 11.3 Å². The van der Waals surface area contributed by atoms with Crippen molar-refractivity contribution in [2.45, 2.75) is 42.8 Å². The zero-order valence-electron chi connectivity index (χ0n) is 13.2. The van der Waals surface area contributed by atoms with Gasteiger partial charge in [0.05, 0.1) is 0 Å². The average Bonchev–Trinajstić information content (AvgIpc) is 3.27. The summed E-state index contributed by atoms with van der Waals surface area (Å²) in [5.41, 5.74) is 1.57. The largest absolute Gasteiger partial charge is 0.480 e. The van der Waals surface area contributed by atoms with Crippen molar-refractivity contribution in [2.24, 2.45) is 0 Å². The van der Waals surface area contributed by atoms with Crippen molar-refractivity contribution >= 4 is 23.6 Å². The zero-order chi connectivity index (χ0) is 17.1. The van der Waals surface area contributed by atoms with Crippen LogP contribution in [0.15, 0.2) is 35.7 Å². The second-order valence-electron chi connectivity index (χ2n) is 5.73. The number of aliphatic carboxylic acids is 1. The fourth-order valence-corrected chi connectivity index (χ4v) is 3.17. The summed E-state index contributed by atoms with van der Waals surface area (Å²) in [6.07, 6.45) is 3.20. The lowest BCUT2D eigenvalue weighted by Gasteiger charge is -2.26. The summed E-state index contributed by atoms with van der Waals surface area (Å²) in [4.78, 5) is 29.4. The van der Waals surface area contributed by atoms with Gasteiger partial charge in [0.25, 0.3) is 5.91 Å². The highest BCUT2D eigenvalue weighted by Gasteiger charge is 2.38. The Kier molecular flexibility index (Phi) is 4.84. The first-order valence-electron chi connectivity index (χ1n) is 7.69. The van der Waals surface area contributed by atoms with Crippen LogP contribution in [-0.4, -0.2) is 49.1 Å². The third kappa shape index (κ3) is 3.76. The standard InChI is InChI=1S/C16H18N4O3S/c1-10(15(22)23)20(13-6-7-13)14(21)12-4-2-11(3-5-12)8-24-16-17-9-18-19-16/h2-5,9-10,13H,6-8H2,1H3,(H,22,23)(H,17,18,19). The topological polar surface area (TPSA) is 99.2 Å². The van der Waals surface area contributed by atoms with E-state index in [2.05, 4.69) is 15.2 Å². The van der Waals surface area contributed by atoms with Crippen LogP contribution >= 0.6 is 11.8 Å². The summed E-state index contributed by atoms with van der Waals surface area (Å²) in [6, 6.07) is 6.50. The van der Waals surface area contributed by atoms with Crippen molar-refractivity contribution < 1.29 is 14.7 Å². The van der Waals surface area contributed by atoms with E-state index < -0.39 is 12.0 Å². The number of carboxylic acids is 1. The maximum Gasteiger partial charge on any atom is 0.326 e. The lowest BCUT2D eigenvalue weighted by molar-refractivity contribution is -0.141. The van der Waals surface area contributed by atoms with E-state index in [0.717, 1.165) is 23.6 Å². The monoisotopic (exact) mass is 346 g/mol. The van der Waals surface area contributed by atoms with E-state index in [-0.39, 0.29) is 11.9 Å². The van der Waals surface area contributed by atoms with E-state index in [1.807, 2.05) is 12.1 Å². The molecule has 1 heterocycles. The fraction of sp³-hybridized carbons (Fsp3) is 0.375. The summed E-state index contributed by atoms with van der Waals surface area (Å²) in [5, 5.41) is 16.5. The second-order valence-corrected chi connectivity index (χ2v) is 6.70. The van der Waals surface area contributed by atoms with Gasteiger partial charge in [0.15, 0.2) is 5.16 Å². The van der Waals surface area contributed by atoms with Crippen molar-refractivity contribution in [1.82, 2.24) is 20.1 Å². The molecular formula is C16H18N4O3S. The Hall–Kier alpha value is -2.35. The summed E-state index contributed by atoms with van der Waals surface area (Å²) in [6.45, 7) is 1.56. The van der Waals surface area contributed by atoms with E-state index in [9.17, 15) is 14.7 Å². The third-order valence-corrected chi connectivity index (χ3v) is 4.87. The molecule has 2 N–H and O–H groups in total. The summed E-state index contributed by atoms with van der Waals surface area (Å²) in [5.74, 6) is -0.487. The molecule has 1 saturated carbocycles. The van der Waals surface area contributed by atoms with Crippen LogP contribution in [0.4, 0.5) is 0 Å².